The van der Waals surface area contributed by atoms with Gasteiger partial charge < -0.3 is 15.0 Å². The third-order valence-corrected chi connectivity index (χ3v) is 5.70. The Labute approximate surface area is 192 Å². The minimum absolute atomic E-state index is 0.0175. The molecular weight excluding hydrogens is 436 g/mol. The van der Waals surface area contributed by atoms with Crippen LogP contribution in [-0.2, 0) is 24.3 Å². The van der Waals surface area contributed by atoms with Crippen molar-refractivity contribution in [2.24, 2.45) is 11.8 Å². The van der Waals surface area contributed by atoms with Crippen LogP contribution in [-0.4, -0.2) is 32.3 Å². The molecule has 0 radical (unpaired) electrons. The van der Waals surface area contributed by atoms with Crippen molar-refractivity contribution < 1.29 is 23.5 Å². The second-order valence-electron chi connectivity index (χ2n) is 8.31. The Morgan fingerprint density at radius 2 is 1.97 bits per heavy atom. The van der Waals surface area contributed by atoms with E-state index in [-0.39, 0.29) is 30.5 Å². The van der Waals surface area contributed by atoms with E-state index in [4.69, 9.17) is 5.11 Å². The lowest BCUT2D eigenvalue weighted by atomic mass is 9.98. The van der Waals surface area contributed by atoms with Crippen molar-refractivity contribution in [2.45, 2.75) is 59.5 Å². The number of carboxylic acid groups (broad SMARTS) is 1. The number of thiol groups is 1. The van der Waals surface area contributed by atoms with Gasteiger partial charge in [-0.3, -0.25) is 4.79 Å². The molecule has 0 aliphatic carbocycles. The number of carboxylic acids is 1. The fourth-order valence-corrected chi connectivity index (χ4v) is 3.84. The van der Waals surface area contributed by atoms with E-state index in [1.54, 1.807) is 10.8 Å². The molecule has 0 unspecified atom stereocenters. The number of carbonyl (C=O) groups excluding carboxylic acids is 1. The molecule has 0 aliphatic rings. The molecule has 1 amide bonds. The van der Waals surface area contributed by atoms with Gasteiger partial charge >= 0.3 is 5.97 Å². The maximum absolute atomic E-state index is 14.5. The van der Waals surface area contributed by atoms with Gasteiger partial charge in [0, 0.05) is 23.7 Å². The van der Waals surface area contributed by atoms with Gasteiger partial charge in [-0.15, -0.1) is 0 Å². The van der Waals surface area contributed by atoms with Crippen LogP contribution in [0.15, 0.2) is 18.3 Å². The zero-order valence-electron chi connectivity index (χ0n) is 18.7. The summed E-state index contributed by atoms with van der Waals surface area (Å²) in [5.41, 5.74) is -0.0311. The second kappa shape index (κ2) is 12.0. The summed E-state index contributed by atoms with van der Waals surface area (Å²) in [6.45, 7) is 6.30. The lowest BCUT2D eigenvalue weighted by Crippen LogP contribution is -2.33. The molecule has 0 saturated carbocycles. The van der Waals surface area contributed by atoms with Crippen LogP contribution in [0.2, 0.25) is 0 Å². The average Bonchev–Trinajstić information content (AvgIpc) is 3.11. The normalized spacial score (nSPS) is 12.2. The summed E-state index contributed by atoms with van der Waals surface area (Å²) in [6, 6.07) is 1.60. The maximum atomic E-state index is 14.5. The van der Waals surface area contributed by atoms with Crippen molar-refractivity contribution in [3.8, 4) is 0 Å². The van der Waals surface area contributed by atoms with Crippen LogP contribution in [0.3, 0.4) is 0 Å². The molecule has 176 valence electrons. The van der Waals surface area contributed by atoms with Gasteiger partial charge in [0.15, 0.2) is 0 Å². The largest absolute Gasteiger partial charge is 0.478 e. The van der Waals surface area contributed by atoms with Crippen LogP contribution in [0.4, 0.5) is 8.78 Å². The number of nitrogens with one attached hydrogen (secondary N) is 1. The number of rotatable bonds is 12. The number of imidazole rings is 1. The molecule has 0 bridgehead atoms. The summed E-state index contributed by atoms with van der Waals surface area (Å²) in [4.78, 5) is 28.1. The number of halogens is 2. The van der Waals surface area contributed by atoms with Gasteiger partial charge in [0.2, 0.25) is 5.91 Å². The molecule has 1 aromatic carbocycles. The molecule has 1 aromatic heterocycles. The summed E-state index contributed by atoms with van der Waals surface area (Å²) in [6.07, 6.45) is 4.80. The highest BCUT2D eigenvalue weighted by Crippen LogP contribution is 2.20. The molecule has 9 heteroatoms. The van der Waals surface area contributed by atoms with E-state index in [1.165, 1.54) is 0 Å². The van der Waals surface area contributed by atoms with Crippen molar-refractivity contribution >= 4 is 24.5 Å². The van der Waals surface area contributed by atoms with Crippen LogP contribution in [0.5, 0.6) is 0 Å². The number of aryl methyl sites for hydroxylation is 1. The number of unbranched alkanes of at least 4 members (excludes halogenated alkanes) is 1. The Morgan fingerprint density at radius 1 is 1.25 bits per heavy atom. The molecular formula is C23H31F2N3O3S. The highest BCUT2D eigenvalue weighted by molar-refractivity contribution is 7.80. The van der Waals surface area contributed by atoms with E-state index >= 15 is 0 Å². The molecule has 1 atom stereocenters. The van der Waals surface area contributed by atoms with E-state index in [0.29, 0.717) is 35.7 Å². The van der Waals surface area contributed by atoms with Crippen molar-refractivity contribution in [3.63, 3.8) is 0 Å². The molecule has 2 aromatic rings. The fourth-order valence-electron chi connectivity index (χ4n) is 3.52. The smallest absolute Gasteiger partial charge is 0.338 e. The molecule has 0 aliphatic heterocycles. The quantitative estimate of drug-likeness (QED) is 0.403. The van der Waals surface area contributed by atoms with E-state index < -0.39 is 23.2 Å². The number of carbonyl (C=O) groups is 2. The lowest BCUT2D eigenvalue weighted by Gasteiger charge is -2.18. The van der Waals surface area contributed by atoms with E-state index in [0.717, 1.165) is 25.3 Å². The molecule has 6 nitrogen and oxygen atoms in total. The van der Waals surface area contributed by atoms with Crippen LogP contribution in [0, 0.1) is 23.5 Å². The van der Waals surface area contributed by atoms with E-state index in [1.807, 2.05) is 20.8 Å². The van der Waals surface area contributed by atoms with Crippen molar-refractivity contribution in [2.75, 3.05) is 5.75 Å². The summed E-state index contributed by atoms with van der Waals surface area (Å²) in [5.74, 6) is -2.16. The fraction of sp³-hybridized carbons (Fsp3) is 0.522. The van der Waals surface area contributed by atoms with E-state index in [9.17, 15) is 18.4 Å². The van der Waals surface area contributed by atoms with Crippen molar-refractivity contribution in [3.05, 3.63) is 52.6 Å². The third-order valence-electron chi connectivity index (χ3n) is 5.26. The number of hydrogen-bond acceptors (Lipinski definition) is 4. The first-order valence-corrected chi connectivity index (χ1v) is 11.4. The molecule has 2 N–H and O–H groups in total. The minimum Gasteiger partial charge on any atom is -0.478 e. The van der Waals surface area contributed by atoms with Gasteiger partial charge in [-0.25, -0.2) is 18.6 Å². The number of nitrogens with zero attached hydrogens (tertiary/aromatic N) is 2. The number of aromatic nitrogens is 2. The number of benzene rings is 1. The highest BCUT2D eigenvalue weighted by Gasteiger charge is 2.20. The van der Waals surface area contributed by atoms with Gasteiger partial charge in [0.05, 0.1) is 30.5 Å². The molecule has 0 spiro atoms. The Balaban J connectivity index is 2.28. The maximum Gasteiger partial charge on any atom is 0.338 e. The van der Waals surface area contributed by atoms with Gasteiger partial charge in [-0.1, -0.05) is 27.2 Å². The summed E-state index contributed by atoms with van der Waals surface area (Å²) < 4.78 is 30.5. The number of hydrogen-bond donors (Lipinski definition) is 3. The summed E-state index contributed by atoms with van der Waals surface area (Å²) in [7, 11) is 0. The van der Waals surface area contributed by atoms with Crippen LogP contribution in [0.25, 0.3) is 0 Å². The number of aromatic carboxylic acids is 1. The van der Waals surface area contributed by atoms with Crippen molar-refractivity contribution in [1.82, 2.24) is 14.9 Å². The minimum atomic E-state index is -1.53. The van der Waals surface area contributed by atoms with Crippen molar-refractivity contribution in [1.29, 1.82) is 0 Å². The first-order valence-electron chi connectivity index (χ1n) is 10.8. The molecule has 0 saturated heterocycles. The first kappa shape index (κ1) is 25.8. The zero-order valence-corrected chi connectivity index (χ0v) is 19.6. The zero-order chi connectivity index (χ0) is 23.8. The summed E-state index contributed by atoms with van der Waals surface area (Å²) in [5, 5.41) is 11.9. The van der Waals surface area contributed by atoms with Crippen LogP contribution in [0.1, 0.15) is 67.5 Å². The summed E-state index contributed by atoms with van der Waals surface area (Å²) >= 11 is 4.28. The number of amides is 1. The van der Waals surface area contributed by atoms with E-state index in [2.05, 4.69) is 22.9 Å². The predicted molar refractivity (Wildman–Crippen MR) is 122 cm³/mol. The van der Waals surface area contributed by atoms with Gasteiger partial charge in [0.1, 0.15) is 17.5 Å². The molecule has 2 rings (SSSR count). The van der Waals surface area contributed by atoms with Gasteiger partial charge in [0.25, 0.3) is 0 Å². The van der Waals surface area contributed by atoms with Gasteiger partial charge in [-0.05, 0) is 30.9 Å². The Bertz CT molecular complexity index is 947. The highest BCUT2D eigenvalue weighted by atomic mass is 32.1. The Hall–Kier alpha value is -2.42. The topological polar surface area (TPSA) is 84.2 Å². The third kappa shape index (κ3) is 6.79. The predicted octanol–water partition coefficient (Wildman–Crippen LogP) is 4.46. The molecule has 32 heavy (non-hydrogen) atoms. The second-order valence-corrected chi connectivity index (χ2v) is 8.68. The monoisotopic (exact) mass is 467 g/mol. The SMILES string of the molecule is CCCCc1ncc(CNC(=O)[C@@H](CS)CC(C)C)n1Cc1cc(F)c(C(=O)O)cc1F. The standard InChI is InChI=1S/C23H31F2N3O3S/c1-4-5-6-21-26-10-17(11-27-22(29)16(13-32)7-14(2)3)28(21)12-15-8-20(25)18(23(30)31)9-19(15)24/h8-10,14,16,32H,4-7,11-13H2,1-3H3,(H,27,29)(H,30,31)/t16-/m1/s1. The Morgan fingerprint density at radius 3 is 2.56 bits per heavy atom. The molecule has 0 fully saturated rings. The first-order chi connectivity index (χ1) is 15.2. The molecule has 1 heterocycles. The van der Waals surface area contributed by atoms with Gasteiger partial charge in [-0.2, -0.15) is 12.6 Å². The van der Waals surface area contributed by atoms with Crippen LogP contribution < -0.4 is 5.32 Å². The Kier molecular flexibility index (Phi) is 9.68. The van der Waals surface area contributed by atoms with Crippen LogP contribution >= 0.6 is 12.6 Å². The average molecular weight is 468 g/mol. The lowest BCUT2D eigenvalue weighted by molar-refractivity contribution is -0.124.